The molecule has 1 N–H and O–H groups in total. The molecule has 0 radical (unpaired) electrons. The summed E-state index contributed by atoms with van der Waals surface area (Å²) >= 11 is 13.0. The van der Waals surface area contributed by atoms with Crippen LogP contribution in [0.15, 0.2) is 27.3 Å². The predicted molar refractivity (Wildman–Crippen MR) is 78.8 cm³/mol. The van der Waals surface area contributed by atoms with E-state index in [1.54, 1.807) is 4.68 Å². The number of nitrogens with one attached hydrogen (secondary N) is 1. The zero-order chi connectivity index (χ0) is 13.3. The molecule has 0 aliphatic heterocycles. The van der Waals surface area contributed by atoms with Crippen LogP contribution in [-0.2, 0) is 7.05 Å². The van der Waals surface area contributed by atoms with Crippen LogP contribution in [0.1, 0.15) is 17.3 Å². The van der Waals surface area contributed by atoms with Gasteiger partial charge in [-0.3, -0.25) is 0 Å². The van der Waals surface area contributed by atoms with E-state index in [-0.39, 0.29) is 6.04 Å². The third-order valence-electron chi connectivity index (χ3n) is 2.66. The highest BCUT2D eigenvalue weighted by Gasteiger charge is 2.22. The Morgan fingerprint density at radius 3 is 2.67 bits per heavy atom. The summed E-state index contributed by atoms with van der Waals surface area (Å²) in [5.41, 5.74) is 1.98. The van der Waals surface area contributed by atoms with Crippen LogP contribution in [0.3, 0.4) is 0 Å². The topological polar surface area (TPSA) is 42.7 Å². The summed E-state index contributed by atoms with van der Waals surface area (Å²) < 4.78 is 3.44. The fraction of sp³-hybridized carbons (Fsp3) is 0.273. The third kappa shape index (κ3) is 2.61. The number of hydrogen-bond acceptors (Lipinski definition) is 3. The first-order chi connectivity index (χ1) is 8.54. The zero-order valence-corrected chi connectivity index (χ0v) is 13.7. The number of rotatable bonds is 3. The molecule has 1 aromatic carbocycles. The van der Waals surface area contributed by atoms with E-state index in [1.807, 2.05) is 32.3 Å². The summed E-state index contributed by atoms with van der Waals surface area (Å²) in [7, 11) is 3.74. The van der Waals surface area contributed by atoms with Gasteiger partial charge in [0.25, 0.3) is 0 Å². The van der Waals surface area contributed by atoms with Crippen LogP contribution in [0.25, 0.3) is 0 Å². The maximum Gasteiger partial charge on any atom is 0.153 e. The van der Waals surface area contributed by atoms with Gasteiger partial charge < -0.3 is 5.32 Å². The first-order valence-electron chi connectivity index (χ1n) is 5.22. The van der Waals surface area contributed by atoms with Gasteiger partial charge in [-0.05, 0) is 46.7 Å². The lowest BCUT2D eigenvalue weighted by Crippen LogP contribution is -2.21. The molecule has 1 heterocycles. The monoisotopic (exact) mass is 392 g/mol. The van der Waals surface area contributed by atoms with Crippen molar-refractivity contribution < 1.29 is 0 Å². The molecule has 0 bridgehead atoms. The molecule has 1 atom stereocenters. The van der Waals surface area contributed by atoms with Gasteiger partial charge in [-0.2, -0.15) is 0 Å². The lowest BCUT2D eigenvalue weighted by atomic mass is 10.0. The van der Waals surface area contributed by atoms with Crippen LogP contribution in [0.2, 0.25) is 5.02 Å². The minimum absolute atomic E-state index is 0.0487. The highest BCUT2D eigenvalue weighted by atomic mass is 79.9. The first kappa shape index (κ1) is 14.0. The van der Waals surface area contributed by atoms with Crippen LogP contribution in [0.5, 0.6) is 0 Å². The molecule has 18 heavy (non-hydrogen) atoms. The predicted octanol–water partition coefficient (Wildman–Crippen LogP) is 3.30. The van der Waals surface area contributed by atoms with Crippen molar-refractivity contribution in [1.29, 1.82) is 0 Å². The average Bonchev–Trinajstić information content (AvgIpc) is 2.66. The first-order valence-corrected chi connectivity index (χ1v) is 7.18. The second-order valence-electron chi connectivity index (χ2n) is 3.78. The summed E-state index contributed by atoms with van der Waals surface area (Å²) in [4.78, 5) is 0. The summed E-state index contributed by atoms with van der Waals surface area (Å²) in [5.74, 6) is 0. The van der Waals surface area contributed by atoms with Crippen molar-refractivity contribution in [1.82, 2.24) is 20.3 Å². The Kier molecular flexibility index (Phi) is 4.42. The third-order valence-corrected chi connectivity index (χ3v) is 4.18. The molecule has 0 aliphatic rings. The molecule has 0 saturated carbocycles. The number of aryl methyl sites for hydroxylation is 1. The van der Waals surface area contributed by atoms with Crippen molar-refractivity contribution in [3.8, 4) is 0 Å². The molecule has 4 nitrogen and oxygen atoms in total. The van der Waals surface area contributed by atoms with Crippen molar-refractivity contribution in [2.45, 2.75) is 6.04 Å². The van der Waals surface area contributed by atoms with Crippen LogP contribution in [0.4, 0.5) is 0 Å². The van der Waals surface area contributed by atoms with Crippen molar-refractivity contribution in [2.24, 2.45) is 7.05 Å². The van der Waals surface area contributed by atoms with E-state index in [4.69, 9.17) is 11.6 Å². The molecule has 0 saturated heterocycles. The van der Waals surface area contributed by atoms with Crippen molar-refractivity contribution in [3.63, 3.8) is 0 Å². The van der Waals surface area contributed by atoms with Gasteiger partial charge in [0, 0.05) is 16.5 Å². The Morgan fingerprint density at radius 1 is 1.39 bits per heavy atom. The van der Waals surface area contributed by atoms with Crippen LogP contribution in [0, 0.1) is 0 Å². The molecule has 1 aromatic heterocycles. The average molecular weight is 394 g/mol. The lowest BCUT2D eigenvalue weighted by molar-refractivity contribution is 0.595. The van der Waals surface area contributed by atoms with Crippen molar-refractivity contribution in [3.05, 3.63) is 43.6 Å². The van der Waals surface area contributed by atoms with E-state index in [0.717, 1.165) is 20.3 Å². The van der Waals surface area contributed by atoms with Gasteiger partial charge in [0.05, 0.1) is 11.7 Å². The number of halogens is 3. The normalized spacial score (nSPS) is 12.7. The van der Waals surface area contributed by atoms with Crippen LogP contribution in [-0.4, -0.2) is 22.0 Å². The van der Waals surface area contributed by atoms with E-state index in [0.29, 0.717) is 5.02 Å². The Hall–Kier alpha value is -0.430. The quantitative estimate of drug-likeness (QED) is 0.869. The maximum absolute atomic E-state index is 6.06. The largest absolute Gasteiger partial charge is 0.308 e. The van der Waals surface area contributed by atoms with Crippen molar-refractivity contribution >= 4 is 43.5 Å². The summed E-state index contributed by atoms with van der Waals surface area (Å²) in [6.45, 7) is 0. The molecule has 0 spiro atoms. The summed E-state index contributed by atoms with van der Waals surface area (Å²) in [6.07, 6.45) is 0. The molecule has 0 aliphatic carbocycles. The van der Waals surface area contributed by atoms with Crippen LogP contribution >= 0.6 is 43.5 Å². The molecular weight excluding hydrogens is 383 g/mol. The van der Waals surface area contributed by atoms with Gasteiger partial charge in [0.2, 0.25) is 0 Å². The fourth-order valence-corrected chi connectivity index (χ4v) is 3.03. The standard InChI is InChI=1S/C11H11Br2ClN4/c1-15-9(10-11(13)16-17-18(10)2)7-5-6(14)3-4-8(7)12/h3-5,9,15H,1-2H3. The van der Waals surface area contributed by atoms with Gasteiger partial charge in [-0.1, -0.05) is 32.7 Å². The Morgan fingerprint density at radius 2 is 2.11 bits per heavy atom. The Bertz CT molecular complexity index is 551. The molecule has 2 aromatic rings. The van der Waals surface area contributed by atoms with E-state index < -0.39 is 0 Å². The van der Waals surface area contributed by atoms with Crippen molar-refractivity contribution in [2.75, 3.05) is 7.05 Å². The second kappa shape index (κ2) is 5.69. The fourth-order valence-electron chi connectivity index (χ4n) is 1.82. The molecule has 1 unspecified atom stereocenters. The van der Waals surface area contributed by atoms with E-state index in [9.17, 15) is 0 Å². The SMILES string of the molecule is CNC(c1cc(Cl)ccc1Br)c1c(Br)nnn1C. The number of aromatic nitrogens is 3. The van der Waals surface area contributed by atoms with Gasteiger partial charge in [0.15, 0.2) is 4.60 Å². The van der Waals surface area contributed by atoms with Gasteiger partial charge in [-0.15, -0.1) is 5.10 Å². The zero-order valence-electron chi connectivity index (χ0n) is 9.78. The Labute approximate surface area is 127 Å². The molecule has 7 heteroatoms. The van der Waals surface area contributed by atoms with E-state index in [1.165, 1.54) is 0 Å². The molecular formula is C11H11Br2ClN4. The van der Waals surface area contributed by atoms with Gasteiger partial charge in [-0.25, -0.2) is 4.68 Å². The number of nitrogens with zero attached hydrogens (tertiary/aromatic N) is 3. The minimum Gasteiger partial charge on any atom is -0.308 e. The second-order valence-corrected chi connectivity index (χ2v) is 5.82. The molecule has 2 rings (SSSR count). The highest BCUT2D eigenvalue weighted by molar-refractivity contribution is 9.10. The Balaban J connectivity index is 2.55. The highest BCUT2D eigenvalue weighted by Crippen LogP contribution is 2.32. The molecule has 96 valence electrons. The summed E-state index contributed by atoms with van der Waals surface area (Å²) in [6, 6.07) is 5.65. The minimum atomic E-state index is -0.0487. The van der Waals surface area contributed by atoms with Crippen LogP contribution < -0.4 is 5.32 Å². The number of benzene rings is 1. The maximum atomic E-state index is 6.06. The van der Waals surface area contributed by atoms with E-state index in [2.05, 4.69) is 47.5 Å². The number of hydrogen-bond donors (Lipinski definition) is 1. The van der Waals surface area contributed by atoms with E-state index >= 15 is 0 Å². The van der Waals surface area contributed by atoms with Gasteiger partial charge in [0.1, 0.15) is 0 Å². The lowest BCUT2D eigenvalue weighted by Gasteiger charge is -2.18. The van der Waals surface area contributed by atoms with Gasteiger partial charge >= 0.3 is 0 Å². The summed E-state index contributed by atoms with van der Waals surface area (Å²) in [5, 5.41) is 11.9. The smallest absolute Gasteiger partial charge is 0.153 e. The molecule has 0 amide bonds. The molecule has 0 fully saturated rings.